The fourth-order valence-electron chi connectivity index (χ4n) is 1.53. The van der Waals surface area contributed by atoms with Crippen LogP contribution < -0.4 is 16.6 Å². The predicted octanol–water partition coefficient (Wildman–Crippen LogP) is 0.676. The van der Waals surface area contributed by atoms with Crippen molar-refractivity contribution in [2.24, 2.45) is 5.84 Å². The second-order valence-electron chi connectivity index (χ2n) is 3.57. The first kappa shape index (κ1) is 11.8. The first-order chi connectivity index (χ1) is 7.27. The van der Waals surface area contributed by atoms with Gasteiger partial charge in [-0.05, 0) is 29.8 Å². The average Bonchev–Trinajstić information content (AvgIpc) is 2.20. The molecule has 0 aliphatic carbocycles. The smallest absolute Gasteiger partial charge is 0.0675 e. The van der Waals surface area contributed by atoms with Crippen LogP contribution in [0.15, 0.2) is 35.7 Å². The van der Waals surface area contributed by atoms with E-state index >= 15 is 0 Å². The summed E-state index contributed by atoms with van der Waals surface area (Å²) in [7, 11) is 2.04. The Labute approximate surface area is 91.5 Å². The van der Waals surface area contributed by atoms with Gasteiger partial charge in [0.2, 0.25) is 0 Å². The Balaban J connectivity index is 2.78. The quantitative estimate of drug-likeness (QED) is 0.471. The number of hydrogen-bond acceptors (Lipinski definition) is 4. The van der Waals surface area contributed by atoms with Gasteiger partial charge in [-0.3, -0.25) is 11.2 Å². The third-order valence-electron chi connectivity index (χ3n) is 2.37. The van der Waals surface area contributed by atoms with E-state index in [9.17, 15) is 0 Å². The number of hydrazine groups is 1. The molecule has 4 heteroatoms. The molecule has 4 N–H and O–H groups in total. The summed E-state index contributed by atoms with van der Waals surface area (Å²) in [4.78, 5) is 2.10. The first-order valence-electron chi connectivity index (χ1n) is 5.21. The van der Waals surface area contributed by atoms with Crippen molar-refractivity contribution < 1.29 is 0 Å². The zero-order valence-corrected chi connectivity index (χ0v) is 9.46. The first-order valence-corrected chi connectivity index (χ1v) is 5.21. The van der Waals surface area contributed by atoms with Gasteiger partial charge in [-0.15, -0.1) is 0 Å². The average molecular weight is 208 g/mol. The predicted molar refractivity (Wildman–Crippen MR) is 63.6 cm³/mol. The van der Waals surface area contributed by atoms with Crippen LogP contribution in [0.5, 0.6) is 0 Å². The topological polar surface area (TPSA) is 53.3 Å². The molecule has 1 heterocycles. The fraction of sp³-hybridized carbons (Fsp3) is 0.455. The molecule has 0 aromatic carbocycles. The molecule has 0 fully saturated rings. The summed E-state index contributed by atoms with van der Waals surface area (Å²) in [6, 6.07) is 0. The Hall–Kier alpha value is -1.26. The molecular weight excluding hydrogens is 188 g/mol. The fourth-order valence-corrected chi connectivity index (χ4v) is 1.53. The van der Waals surface area contributed by atoms with Crippen LogP contribution >= 0.6 is 0 Å². The summed E-state index contributed by atoms with van der Waals surface area (Å²) in [5, 5.41) is 3.36. The molecule has 0 bridgehead atoms. The number of rotatable bonds is 3. The lowest BCUT2D eigenvalue weighted by Gasteiger charge is -2.19. The Morgan fingerprint density at radius 1 is 1.73 bits per heavy atom. The van der Waals surface area contributed by atoms with E-state index in [1.165, 1.54) is 11.1 Å². The van der Waals surface area contributed by atoms with E-state index in [0.29, 0.717) is 0 Å². The summed E-state index contributed by atoms with van der Waals surface area (Å²) in [6.07, 6.45) is 9.06. The third kappa shape index (κ3) is 3.77. The number of nitrogens with two attached hydrogens (primary N) is 1. The number of nitrogens with zero attached hydrogens (tertiary/aromatic N) is 1. The van der Waals surface area contributed by atoms with E-state index < -0.39 is 0 Å². The second kappa shape index (κ2) is 6.27. The van der Waals surface area contributed by atoms with Gasteiger partial charge in [-0.2, -0.15) is 0 Å². The summed E-state index contributed by atoms with van der Waals surface area (Å²) < 4.78 is 0. The molecule has 4 nitrogen and oxygen atoms in total. The molecule has 1 aliphatic heterocycles. The highest BCUT2D eigenvalue weighted by molar-refractivity contribution is 5.34. The minimum absolute atomic E-state index is 0.862. The molecule has 0 aromatic heterocycles. The van der Waals surface area contributed by atoms with Gasteiger partial charge in [-0.25, -0.2) is 0 Å². The van der Waals surface area contributed by atoms with Crippen molar-refractivity contribution in [1.29, 1.82) is 0 Å². The van der Waals surface area contributed by atoms with E-state index in [1.807, 2.05) is 13.2 Å². The largest absolute Gasteiger partial charge is 0.368 e. The SMILES string of the molecule is CCC(=C\NN)/C1=C/C=C\N(C)CNC1. The van der Waals surface area contributed by atoms with Gasteiger partial charge in [0.1, 0.15) is 0 Å². The molecular formula is C11H20N4. The van der Waals surface area contributed by atoms with Crippen molar-refractivity contribution >= 4 is 0 Å². The van der Waals surface area contributed by atoms with E-state index in [-0.39, 0.29) is 0 Å². The van der Waals surface area contributed by atoms with Crippen molar-refractivity contribution in [3.63, 3.8) is 0 Å². The van der Waals surface area contributed by atoms with Crippen molar-refractivity contribution in [1.82, 2.24) is 15.6 Å². The minimum Gasteiger partial charge on any atom is -0.368 e. The Bertz CT molecular complexity index is 278. The van der Waals surface area contributed by atoms with Crippen LogP contribution in [-0.4, -0.2) is 25.2 Å². The monoisotopic (exact) mass is 208 g/mol. The molecule has 0 saturated carbocycles. The molecule has 0 amide bonds. The van der Waals surface area contributed by atoms with Gasteiger partial charge >= 0.3 is 0 Å². The van der Waals surface area contributed by atoms with Crippen LogP contribution in [0.3, 0.4) is 0 Å². The lowest BCUT2D eigenvalue weighted by Crippen LogP contribution is -2.30. The summed E-state index contributed by atoms with van der Waals surface area (Å²) in [6.45, 7) is 3.86. The van der Waals surface area contributed by atoms with Gasteiger partial charge in [0, 0.05) is 19.8 Å². The lowest BCUT2D eigenvalue weighted by molar-refractivity contribution is 0.414. The zero-order chi connectivity index (χ0) is 11.1. The molecule has 84 valence electrons. The summed E-state index contributed by atoms with van der Waals surface area (Å²) in [5.41, 5.74) is 5.11. The molecule has 0 radical (unpaired) electrons. The highest BCUT2D eigenvalue weighted by Gasteiger charge is 2.04. The highest BCUT2D eigenvalue weighted by atomic mass is 15.2. The summed E-state index contributed by atoms with van der Waals surface area (Å²) in [5.74, 6) is 5.30. The molecule has 0 saturated heterocycles. The van der Waals surface area contributed by atoms with E-state index in [2.05, 4.69) is 40.9 Å². The standard InChI is InChI=1S/C11H20N4/c1-3-10(8-14-12)11-5-4-6-15(2)9-13-7-11/h4-6,8,13-14H,3,7,9,12H2,1-2H3/b6-4-,10-8+,11-5+. The van der Waals surface area contributed by atoms with E-state index in [1.54, 1.807) is 0 Å². The molecule has 0 aromatic rings. The maximum atomic E-state index is 5.30. The van der Waals surface area contributed by atoms with Crippen LogP contribution in [0, 0.1) is 0 Å². The van der Waals surface area contributed by atoms with Crippen molar-refractivity contribution in [3.8, 4) is 0 Å². The van der Waals surface area contributed by atoms with Crippen LogP contribution in [0.2, 0.25) is 0 Å². The Kier molecular flexibility index (Phi) is 4.93. The molecule has 0 spiro atoms. The van der Waals surface area contributed by atoms with Crippen LogP contribution in [0.1, 0.15) is 13.3 Å². The van der Waals surface area contributed by atoms with Gasteiger partial charge in [0.05, 0.1) is 6.67 Å². The summed E-state index contributed by atoms with van der Waals surface area (Å²) >= 11 is 0. The Morgan fingerprint density at radius 3 is 3.20 bits per heavy atom. The van der Waals surface area contributed by atoms with Crippen LogP contribution in [0.25, 0.3) is 0 Å². The molecule has 15 heavy (non-hydrogen) atoms. The maximum Gasteiger partial charge on any atom is 0.0675 e. The Morgan fingerprint density at radius 2 is 2.53 bits per heavy atom. The highest BCUT2D eigenvalue weighted by Crippen LogP contribution is 2.13. The number of nitrogens with one attached hydrogen (secondary N) is 2. The van der Waals surface area contributed by atoms with Crippen molar-refractivity contribution in [2.75, 3.05) is 20.3 Å². The van der Waals surface area contributed by atoms with E-state index in [0.717, 1.165) is 19.6 Å². The van der Waals surface area contributed by atoms with E-state index in [4.69, 9.17) is 5.84 Å². The number of allylic oxidation sites excluding steroid dienone is 2. The zero-order valence-electron chi connectivity index (χ0n) is 9.46. The lowest BCUT2D eigenvalue weighted by atomic mass is 10.0. The van der Waals surface area contributed by atoms with Gasteiger partial charge in [0.15, 0.2) is 0 Å². The normalized spacial score (nSPS) is 23.8. The van der Waals surface area contributed by atoms with Gasteiger partial charge in [-0.1, -0.05) is 13.0 Å². The minimum atomic E-state index is 0.862. The molecule has 0 unspecified atom stereocenters. The maximum absolute atomic E-state index is 5.30. The van der Waals surface area contributed by atoms with Gasteiger partial charge in [0.25, 0.3) is 0 Å². The van der Waals surface area contributed by atoms with Crippen molar-refractivity contribution in [2.45, 2.75) is 13.3 Å². The number of hydrogen-bond donors (Lipinski definition) is 3. The van der Waals surface area contributed by atoms with Gasteiger partial charge < -0.3 is 10.3 Å². The molecule has 1 aliphatic rings. The van der Waals surface area contributed by atoms with Crippen molar-refractivity contribution in [3.05, 3.63) is 35.7 Å². The second-order valence-corrected chi connectivity index (χ2v) is 3.57. The molecule has 1 rings (SSSR count). The van der Waals surface area contributed by atoms with Crippen LogP contribution in [0.4, 0.5) is 0 Å². The third-order valence-corrected chi connectivity index (χ3v) is 2.37. The van der Waals surface area contributed by atoms with Crippen LogP contribution in [-0.2, 0) is 0 Å². The molecule has 0 atom stereocenters.